The number of para-hydroxylation sites is 2. The smallest absolute Gasteiger partial charge is 0.319 e. The molecule has 0 aliphatic rings. The molecule has 1 heterocycles. The molecule has 0 saturated heterocycles. The molecular formula is C17H19N3O2S. The Bertz CT molecular complexity index is 694. The highest BCUT2D eigenvalue weighted by Gasteiger charge is 2.08. The molecule has 0 radical (unpaired) electrons. The molecule has 3 amide bonds. The fourth-order valence-corrected chi connectivity index (χ4v) is 2.47. The monoisotopic (exact) mass is 329 g/mol. The van der Waals surface area contributed by atoms with E-state index in [1.807, 2.05) is 30.7 Å². The summed E-state index contributed by atoms with van der Waals surface area (Å²) in [6.07, 6.45) is 3.21. The number of anilines is 2. The molecule has 0 aliphatic heterocycles. The third kappa shape index (κ3) is 5.60. The molecule has 0 spiro atoms. The standard InChI is InChI=1S/C17H19N3O2S/c1-12(2)18-17(22)20-15-6-4-3-5-14(15)19-16(21)8-7-13-9-10-23-11-13/h3-12H,1-2H3,(H,19,21)(H2,18,20,22)/b8-7+. The molecule has 0 atom stereocenters. The Balaban J connectivity index is 2.02. The summed E-state index contributed by atoms with van der Waals surface area (Å²) < 4.78 is 0. The number of carbonyl (C=O) groups is 2. The maximum Gasteiger partial charge on any atom is 0.319 e. The van der Waals surface area contributed by atoms with Gasteiger partial charge in [-0.25, -0.2) is 4.79 Å². The van der Waals surface area contributed by atoms with Gasteiger partial charge in [0.15, 0.2) is 0 Å². The number of urea groups is 1. The summed E-state index contributed by atoms with van der Waals surface area (Å²) in [6, 6.07) is 8.71. The summed E-state index contributed by atoms with van der Waals surface area (Å²) in [7, 11) is 0. The fourth-order valence-electron chi connectivity index (χ4n) is 1.84. The van der Waals surface area contributed by atoms with E-state index in [1.54, 1.807) is 41.7 Å². The normalized spacial score (nSPS) is 10.7. The second-order valence-corrected chi connectivity index (χ2v) is 5.96. The van der Waals surface area contributed by atoms with Crippen LogP contribution in [0.3, 0.4) is 0 Å². The van der Waals surface area contributed by atoms with Gasteiger partial charge in [-0.15, -0.1) is 0 Å². The van der Waals surface area contributed by atoms with Gasteiger partial charge in [-0.1, -0.05) is 12.1 Å². The van der Waals surface area contributed by atoms with Crippen LogP contribution >= 0.6 is 11.3 Å². The minimum Gasteiger partial charge on any atom is -0.336 e. The molecule has 2 rings (SSSR count). The van der Waals surface area contributed by atoms with Crippen molar-refractivity contribution in [3.05, 3.63) is 52.7 Å². The van der Waals surface area contributed by atoms with Gasteiger partial charge in [0.25, 0.3) is 0 Å². The van der Waals surface area contributed by atoms with Crippen molar-refractivity contribution >= 4 is 40.7 Å². The molecule has 0 aliphatic carbocycles. The lowest BCUT2D eigenvalue weighted by atomic mass is 10.2. The van der Waals surface area contributed by atoms with Crippen LogP contribution in [0.4, 0.5) is 16.2 Å². The maximum absolute atomic E-state index is 12.0. The van der Waals surface area contributed by atoms with Crippen LogP contribution in [0.15, 0.2) is 47.2 Å². The van der Waals surface area contributed by atoms with Crippen molar-refractivity contribution in [2.24, 2.45) is 0 Å². The molecule has 120 valence electrons. The first kappa shape index (κ1) is 16.8. The second kappa shape index (κ2) is 8.14. The van der Waals surface area contributed by atoms with Crippen molar-refractivity contribution in [3.8, 4) is 0 Å². The summed E-state index contributed by atoms with van der Waals surface area (Å²) in [6.45, 7) is 3.75. The van der Waals surface area contributed by atoms with Crippen LogP contribution in [0.25, 0.3) is 6.08 Å². The summed E-state index contributed by atoms with van der Waals surface area (Å²) in [4.78, 5) is 23.8. The lowest BCUT2D eigenvalue weighted by molar-refractivity contribution is -0.111. The molecule has 0 saturated carbocycles. The molecule has 5 nitrogen and oxygen atoms in total. The summed E-state index contributed by atoms with van der Waals surface area (Å²) in [5, 5.41) is 12.1. The Kier molecular flexibility index (Phi) is 5.94. The van der Waals surface area contributed by atoms with Crippen molar-refractivity contribution < 1.29 is 9.59 Å². The molecule has 0 fully saturated rings. The average Bonchev–Trinajstić information content (AvgIpc) is 2.99. The number of hydrogen-bond acceptors (Lipinski definition) is 3. The number of rotatable bonds is 5. The van der Waals surface area contributed by atoms with Crippen LogP contribution in [-0.4, -0.2) is 18.0 Å². The van der Waals surface area contributed by atoms with E-state index in [2.05, 4.69) is 16.0 Å². The molecule has 0 unspecified atom stereocenters. The zero-order valence-corrected chi connectivity index (χ0v) is 13.8. The lowest BCUT2D eigenvalue weighted by Crippen LogP contribution is -2.34. The van der Waals surface area contributed by atoms with Crippen molar-refractivity contribution in [1.29, 1.82) is 0 Å². The number of nitrogens with one attached hydrogen (secondary N) is 3. The Labute approximate surface area is 139 Å². The summed E-state index contributed by atoms with van der Waals surface area (Å²) in [5.74, 6) is -0.255. The Morgan fingerprint density at radius 3 is 2.39 bits per heavy atom. The summed E-state index contributed by atoms with van der Waals surface area (Å²) >= 11 is 1.57. The van der Waals surface area contributed by atoms with Crippen LogP contribution in [-0.2, 0) is 4.79 Å². The van der Waals surface area contributed by atoms with Crippen LogP contribution in [0, 0.1) is 0 Å². The minimum atomic E-state index is -0.310. The Morgan fingerprint density at radius 2 is 1.78 bits per heavy atom. The minimum absolute atomic E-state index is 0.0327. The molecule has 23 heavy (non-hydrogen) atoms. The van der Waals surface area contributed by atoms with Gasteiger partial charge in [-0.05, 0) is 54.4 Å². The highest BCUT2D eigenvalue weighted by molar-refractivity contribution is 7.08. The van der Waals surface area contributed by atoms with Gasteiger partial charge in [0, 0.05) is 12.1 Å². The number of benzene rings is 1. The number of amides is 3. The molecule has 3 N–H and O–H groups in total. The van der Waals surface area contributed by atoms with E-state index in [0.717, 1.165) is 5.56 Å². The van der Waals surface area contributed by atoms with Gasteiger partial charge in [0.1, 0.15) is 0 Å². The van der Waals surface area contributed by atoms with E-state index in [1.165, 1.54) is 6.08 Å². The third-order valence-corrected chi connectivity index (χ3v) is 3.52. The van der Waals surface area contributed by atoms with Gasteiger partial charge in [-0.2, -0.15) is 11.3 Å². The topological polar surface area (TPSA) is 70.2 Å². The van der Waals surface area contributed by atoms with Crippen molar-refractivity contribution in [2.45, 2.75) is 19.9 Å². The van der Waals surface area contributed by atoms with Crippen molar-refractivity contribution in [1.82, 2.24) is 5.32 Å². The quantitative estimate of drug-likeness (QED) is 0.727. The fraction of sp³-hybridized carbons (Fsp3) is 0.176. The highest BCUT2D eigenvalue weighted by atomic mass is 32.1. The predicted octanol–water partition coefficient (Wildman–Crippen LogP) is 3.93. The number of thiophene rings is 1. The largest absolute Gasteiger partial charge is 0.336 e. The Morgan fingerprint density at radius 1 is 1.09 bits per heavy atom. The SMILES string of the molecule is CC(C)NC(=O)Nc1ccccc1NC(=O)/C=C/c1ccsc1. The van der Waals surface area contributed by atoms with E-state index in [-0.39, 0.29) is 18.0 Å². The van der Waals surface area contributed by atoms with Crippen molar-refractivity contribution in [2.75, 3.05) is 10.6 Å². The third-order valence-electron chi connectivity index (χ3n) is 2.82. The van der Waals surface area contributed by atoms with Gasteiger partial charge in [0.05, 0.1) is 11.4 Å². The van der Waals surface area contributed by atoms with Gasteiger partial charge >= 0.3 is 6.03 Å². The molecule has 1 aromatic heterocycles. The van der Waals surface area contributed by atoms with Crippen LogP contribution < -0.4 is 16.0 Å². The summed E-state index contributed by atoms with van der Waals surface area (Å²) in [5.41, 5.74) is 2.07. The van der Waals surface area contributed by atoms with E-state index < -0.39 is 0 Å². The van der Waals surface area contributed by atoms with Crippen LogP contribution in [0.1, 0.15) is 19.4 Å². The molecule has 0 bridgehead atoms. The van der Waals surface area contributed by atoms with Gasteiger partial charge < -0.3 is 16.0 Å². The lowest BCUT2D eigenvalue weighted by Gasteiger charge is -2.13. The molecule has 6 heteroatoms. The predicted molar refractivity (Wildman–Crippen MR) is 95.7 cm³/mol. The van der Waals surface area contributed by atoms with Gasteiger partial charge in [0.2, 0.25) is 5.91 Å². The molecular weight excluding hydrogens is 310 g/mol. The first-order chi connectivity index (χ1) is 11.0. The number of carbonyl (C=O) groups excluding carboxylic acids is 2. The second-order valence-electron chi connectivity index (χ2n) is 5.18. The first-order valence-corrected chi connectivity index (χ1v) is 8.16. The Hall–Kier alpha value is -2.60. The molecule has 2 aromatic rings. The highest BCUT2D eigenvalue weighted by Crippen LogP contribution is 2.21. The van der Waals surface area contributed by atoms with Crippen molar-refractivity contribution in [3.63, 3.8) is 0 Å². The van der Waals surface area contributed by atoms with Crippen LogP contribution in [0.2, 0.25) is 0 Å². The molecule has 1 aromatic carbocycles. The van der Waals surface area contributed by atoms with E-state index in [0.29, 0.717) is 11.4 Å². The zero-order chi connectivity index (χ0) is 16.7. The van der Waals surface area contributed by atoms with Crippen LogP contribution in [0.5, 0.6) is 0 Å². The maximum atomic E-state index is 12.0. The van der Waals surface area contributed by atoms with Gasteiger partial charge in [-0.3, -0.25) is 4.79 Å². The van der Waals surface area contributed by atoms with E-state index >= 15 is 0 Å². The van der Waals surface area contributed by atoms with E-state index in [4.69, 9.17) is 0 Å². The van der Waals surface area contributed by atoms with E-state index in [9.17, 15) is 9.59 Å². The zero-order valence-electron chi connectivity index (χ0n) is 13.0. The first-order valence-electron chi connectivity index (χ1n) is 7.22. The average molecular weight is 329 g/mol. The number of hydrogen-bond donors (Lipinski definition) is 3.